The van der Waals surface area contributed by atoms with Crippen LogP contribution in [0.15, 0.2) is 28.8 Å². The maximum atomic E-state index is 5.85. The average molecular weight is 381 g/mol. The molecule has 0 aliphatic heterocycles. The lowest BCUT2D eigenvalue weighted by Gasteiger charge is -2.12. The number of aryl methyl sites for hydroxylation is 3. The summed E-state index contributed by atoms with van der Waals surface area (Å²) in [6.07, 6.45) is 1.02. The minimum Gasteiger partial charge on any atom is -0.493 e. The third kappa shape index (κ3) is 4.50. The summed E-state index contributed by atoms with van der Waals surface area (Å²) in [4.78, 5) is 8.98. The van der Waals surface area contributed by atoms with Crippen molar-refractivity contribution in [1.82, 2.24) is 15.1 Å². The first-order valence-electron chi connectivity index (χ1n) is 9.61. The molecule has 0 saturated heterocycles. The van der Waals surface area contributed by atoms with Crippen LogP contribution in [-0.4, -0.2) is 27.8 Å². The molecule has 0 unspecified atom stereocenters. The topological polar surface area (TPSA) is 70.3 Å². The van der Waals surface area contributed by atoms with Crippen LogP contribution < -0.4 is 9.47 Å². The van der Waals surface area contributed by atoms with Gasteiger partial charge < -0.3 is 14.0 Å². The molecule has 6 nitrogen and oxygen atoms in total. The number of aromatic nitrogens is 3. The fraction of sp³-hybridized carbons (Fsp3) is 0.409. The van der Waals surface area contributed by atoms with Gasteiger partial charge in [0.1, 0.15) is 5.75 Å². The van der Waals surface area contributed by atoms with Crippen molar-refractivity contribution in [3.8, 4) is 34.5 Å². The van der Waals surface area contributed by atoms with Crippen LogP contribution in [0.2, 0.25) is 0 Å². The summed E-state index contributed by atoms with van der Waals surface area (Å²) in [7, 11) is 0. The standard InChI is InChI=1S/C22H27N3O3/c1-7-8-26-20-14(4)9-17(10-15(20)5)21-24-22(28-25-21)18-11-16(6)23-19(12-18)27-13(2)3/h9-13H,7-8H2,1-6H3. The lowest BCUT2D eigenvalue weighted by Crippen LogP contribution is -2.07. The lowest BCUT2D eigenvalue weighted by atomic mass is 10.1. The highest BCUT2D eigenvalue weighted by atomic mass is 16.5. The Morgan fingerprint density at radius 2 is 1.68 bits per heavy atom. The van der Waals surface area contributed by atoms with E-state index in [2.05, 4.69) is 22.0 Å². The van der Waals surface area contributed by atoms with Gasteiger partial charge in [-0.25, -0.2) is 4.98 Å². The molecule has 0 aliphatic rings. The number of pyridine rings is 1. The fourth-order valence-corrected chi connectivity index (χ4v) is 3.03. The zero-order valence-electron chi connectivity index (χ0n) is 17.4. The summed E-state index contributed by atoms with van der Waals surface area (Å²) in [5.74, 6) is 2.46. The summed E-state index contributed by atoms with van der Waals surface area (Å²) in [6, 6.07) is 7.78. The Kier molecular flexibility index (Phi) is 5.97. The van der Waals surface area contributed by atoms with Crippen molar-refractivity contribution < 1.29 is 14.0 Å². The molecule has 0 saturated carbocycles. The first-order valence-corrected chi connectivity index (χ1v) is 9.61. The van der Waals surface area contributed by atoms with Crippen molar-refractivity contribution in [1.29, 1.82) is 0 Å². The first-order chi connectivity index (χ1) is 13.4. The minimum atomic E-state index is 0.0415. The Bertz CT molecular complexity index is 940. The van der Waals surface area contributed by atoms with Gasteiger partial charge in [0.25, 0.3) is 5.89 Å². The number of rotatable bonds is 7. The van der Waals surface area contributed by atoms with Crippen LogP contribution >= 0.6 is 0 Å². The molecule has 148 valence electrons. The minimum absolute atomic E-state index is 0.0415. The molecule has 3 rings (SSSR count). The zero-order valence-corrected chi connectivity index (χ0v) is 17.4. The molecule has 6 heteroatoms. The van der Waals surface area contributed by atoms with Gasteiger partial charge >= 0.3 is 0 Å². The van der Waals surface area contributed by atoms with Gasteiger partial charge in [-0.2, -0.15) is 4.98 Å². The second-order valence-corrected chi connectivity index (χ2v) is 7.21. The molecule has 0 spiro atoms. The van der Waals surface area contributed by atoms with E-state index in [1.165, 1.54) is 0 Å². The molecule has 0 fully saturated rings. The molecule has 28 heavy (non-hydrogen) atoms. The molecule has 0 N–H and O–H groups in total. The van der Waals surface area contributed by atoms with E-state index < -0.39 is 0 Å². The van der Waals surface area contributed by atoms with Crippen molar-refractivity contribution in [3.63, 3.8) is 0 Å². The van der Waals surface area contributed by atoms with Crippen LogP contribution in [0.5, 0.6) is 11.6 Å². The summed E-state index contributed by atoms with van der Waals surface area (Å²) in [6.45, 7) is 12.7. The van der Waals surface area contributed by atoms with Gasteiger partial charge in [0, 0.05) is 22.9 Å². The fourth-order valence-electron chi connectivity index (χ4n) is 3.03. The second-order valence-electron chi connectivity index (χ2n) is 7.21. The molecule has 1 aromatic carbocycles. The van der Waals surface area contributed by atoms with E-state index >= 15 is 0 Å². The van der Waals surface area contributed by atoms with Gasteiger partial charge in [-0.3, -0.25) is 0 Å². The quantitative estimate of drug-likeness (QED) is 0.553. The highest BCUT2D eigenvalue weighted by Gasteiger charge is 2.15. The summed E-state index contributed by atoms with van der Waals surface area (Å²) in [5, 5.41) is 4.17. The average Bonchev–Trinajstić information content (AvgIpc) is 3.10. The zero-order chi connectivity index (χ0) is 20.3. The molecule has 0 amide bonds. The monoisotopic (exact) mass is 381 g/mol. The van der Waals surface area contributed by atoms with Crippen LogP contribution in [0.4, 0.5) is 0 Å². The van der Waals surface area contributed by atoms with Crippen LogP contribution in [0.1, 0.15) is 44.0 Å². The molecular weight excluding hydrogens is 354 g/mol. The van der Waals surface area contributed by atoms with Crippen molar-refractivity contribution in [2.45, 2.75) is 54.1 Å². The van der Waals surface area contributed by atoms with Gasteiger partial charge in [-0.05, 0) is 70.4 Å². The largest absolute Gasteiger partial charge is 0.493 e. The molecule has 2 heterocycles. The third-order valence-corrected chi connectivity index (χ3v) is 4.13. The van der Waals surface area contributed by atoms with E-state index in [1.807, 2.05) is 58.9 Å². The second kappa shape index (κ2) is 8.42. The van der Waals surface area contributed by atoms with Crippen LogP contribution in [0.25, 0.3) is 22.8 Å². The Labute approximate surface area is 165 Å². The van der Waals surface area contributed by atoms with Crippen molar-refractivity contribution >= 4 is 0 Å². The van der Waals surface area contributed by atoms with Crippen LogP contribution in [-0.2, 0) is 0 Å². The van der Waals surface area contributed by atoms with Gasteiger partial charge in [0.2, 0.25) is 11.7 Å². The molecule has 0 bridgehead atoms. The summed E-state index contributed by atoms with van der Waals surface area (Å²) >= 11 is 0. The predicted octanol–water partition coefficient (Wildman–Crippen LogP) is 5.30. The number of ether oxygens (including phenoxy) is 2. The molecule has 0 atom stereocenters. The molecule has 2 aromatic heterocycles. The van der Waals surface area contributed by atoms with Gasteiger partial charge in [-0.15, -0.1) is 0 Å². The smallest absolute Gasteiger partial charge is 0.258 e. The van der Waals surface area contributed by atoms with E-state index in [0.29, 0.717) is 24.2 Å². The molecule has 0 aliphatic carbocycles. The molecule has 0 radical (unpaired) electrons. The molecular formula is C22H27N3O3. The lowest BCUT2D eigenvalue weighted by molar-refractivity contribution is 0.232. The van der Waals surface area contributed by atoms with Gasteiger partial charge in [0.15, 0.2) is 0 Å². The SMILES string of the molecule is CCCOc1c(C)cc(-c2noc(-c3cc(C)nc(OC(C)C)c3)n2)cc1C. The Balaban J connectivity index is 1.92. The van der Waals surface area contributed by atoms with Crippen molar-refractivity contribution in [2.24, 2.45) is 0 Å². The normalized spacial score (nSPS) is 11.1. The van der Waals surface area contributed by atoms with E-state index in [4.69, 9.17) is 14.0 Å². The van der Waals surface area contributed by atoms with Crippen molar-refractivity contribution in [3.05, 3.63) is 41.1 Å². The van der Waals surface area contributed by atoms with Crippen LogP contribution in [0, 0.1) is 20.8 Å². The third-order valence-electron chi connectivity index (χ3n) is 4.13. The number of hydrogen-bond acceptors (Lipinski definition) is 6. The van der Waals surface area contributed by atoms with E-state index in [0.717, 1.165) is 40.1 Å². The summed E-state index contributed by atoms with van der Waals surface area (Å²) < 4.78 is 17.1. The van der Waals surface area contributed by atoms with Crippen molar-refractivity contribution in [2.75, 3.05) is 6.61 Å². The highest BCUT2D eigenvalue weighted by Crippen LogP contribution is 2.31. The van der Waals surface area contributed by atoms with E-state index in [-0.39, 0.29) is 6.10 Å². The number of benzene rings is 1. The summed E-state index contributed by atoms with van der Waals surface area (Å²) in [5.41, 5.74) is 4.64. The van der Waals surface area contributed by atoms with E-state index in [9.17, 15) is 0 Å². The van der Waals surface area contributed by atoms with E-state index in [1.54, 1.807) is 0 Å². The van der Waals surface area contributed by atoms with Gasteiger partial charge in [-0.1, -0.05) is 12.1 Å². The number of nitrogens with zero attached hydrogens (tertiary/aromatic N) is 3. The molecule has 3 aromatic rings. The maximum absolute atomic E-state index is 5.85. The van der Waals surface area contributed by atoms with Gasteiger partial charge in [0.05, 0.1) is 12.7 Å². The Morgan fingerprint density at radius 3 is 2.32 bits per heavy atom. The number of hydrogen-bond donors (Lipinski definition) is 0. The Hall–Kier alpha value is -2.89. The Morgan fingerprint density at radius 1 is 0.964 bits per heavy atom. The first kappa shape index (κ1) is 19.9. The highest BCUT2D eigenvalue weighted by molar-refractivity contribution is 5.64. The predicted molar refractivity (Wildman–Crippen MR) is 109 cm³/mol. The maximum Gasteiger partial charge on any atom is 0.258 e. The van der Waals surface area contributed by atoms with Crippen LogP contribution in [0.3, 0.4) is 0 Å².